The van der Waals surface area contributed by atoms with E-state index in [2.05, 4.69) is 93.3 Å². The number of hydrogen-bond donors (Lipinski definition) is 3. The van der Waals surface area contributed by atoms with Gasteiger partial charge in [-0.25, -0.2) is 0 Å². The van der Waals surface area contributed by atoms with Crippen LogP contribution in [0, 0.1) is 5.41 Å². The predicted molar refractivity (Wildman–Crippen MR) is 185 cm³/mol. The minimum atomic E-state index is -0.390. The summed E-state index contributed by atoms with van der Waals surface area (Å²) in [4.78, 5) is 20.1. The Bertz CT molecular complexity index is 1780. The summed E-state index contributed by atoms with van der Waals surface area (Å²) in [5, 5.41) is 14.8. The van der Waals surface area contributed by atoms with Crippen LogP contribution in [0.1, 0.15) is 29.5 Å². The van der Waals surface area contributed by atoms with Crippen molar-refractivity contribution in [3.8, 4) is 28.1 Å². The standard InChI is InChI=1S/C39H39N5O2/c1-41-38-35(18-19-36(43-38)46-27-29-11-9-17-33(25-29)31-14-6-3-7-15-31)37(40)39(45)42-34-20-22-44(23-21-34)26-28-10-8-16-32(24-28)30-12-4-2-5-13-30/h2-19,24-25,34,40H,20-23,26-27H2,1H3,(H,41,43)(H,42,45). The van der Waals surface area contributed by atoms with E-state index in [1.807, 2.05) is 36.4 Å². The average molecular weight is 610 g/mol. The number of piperidine rings is 1. The van der Waals surface area contributed by atoms with E-state index < -0.39 is 5.91 Å². The van der Waals surface area contributed by atoms with Crippen molar-refractivity contribution in [2.24, 2.45) is 0 Å². The number of nitrogens with one attached hydrogen (secondary N) is 3. The summed E-state index contributed by atoms with van der Waals surface area (Å²) < 4.78 is 6.00. The smallest absolute Gasteiger partial charge is 0.270 e. The third-order valence-corrected chi connectivity index (χ3v) is 8.39. The molecule has 1 aromatic heterocycles. The average Bonchev–Trinajstić information content (AvgIpc) is 3.12. The zero-order valence-electron chi connectivity index (χ0n) is 26.1. The van der Waals surface area contributed by atoms with Crippen molar-refractivity contribution in [1.82, 2.24) is 15.2 Å². The van der Waals surface area contributed by atoms with Crippen molar-refractivity contribution in [2.45, 2.75) is 32.0 Å². The minimum absolute atomic E-state index is 0.0278. The van der Waals surface area contributed by atoms with Crippen LogP contribution in [-0.2, 0) is 17.9 Å². The van der Waals surface area contributed by atoms with Crippen molar-refractivity contribution in [2.75, 3.05) is 25.5 Å². The summed E-state index contributed by atoms with van der Waals surface area (Å²) in [6, 6.07) is 41.1. The molecule has 2 heterocycles. The Morgan fingerprint density at radius 2 is 1.37 bits per heavy atom. The second-order valence-corrected chi connectivity index (χ2v) is 11.6. The monoisotopic (exact) mass is 609 g/mol. The molecule has 0 unspecified atom stereocenters. The molecule has 3 N–H and O–H groups in total. The van der Waals surface area contributed by atoms with Gasteiger partial charge in [0.2, 0.25) is 5.88 Å². The van der Waals surface area contributed by atoms with E-state index in [9.17, 15) is 4.79 Å². The molecule has 5 aromatic rings. The molecular formula is C39H39N5O2. The lowest BCUT2D eigenvalue weighted by Gasteiger charge is -2.32. The second-order valence-electron chi connectivity index (χ2n) is 11.6. The van der Waals surface area contributed by atoms with E-state index in [-0.39, 0.29) is 11.8 Å². The van der Waals surface area contributed by atoms with Crippen LogP contribution < -0.4 is 15.4 Å². The van der Waals surface area contributed by atoms with Gasteiger partial charge in [-0.3, -0.25) is 15.1 Å². The first-order valence-electron chi connectivity index (χ1n) is 15.8. The van der Waals surface area contributed by atoms with Crippen LogP contribution in [0.25, 0.3) is 22.3 Å². The van der Waals surface area contributed by atoms with E-state index in [0.29, 0.717) is 23.9 Å². The SMILES string of the molecule is CNc1nc(OCc2cccc(-c3ccccc3)c2)ccc1C(=N)C(=O)NC1CCN(Cc2cccc(-c3ccccc3)c2)CC1. The van der Waals surface area contributed by atoms with Gasteiger partial charge >= 0.3 is 0 Å². The Labute approximate surface area is 270 Å². The Kier molecular flexibility index (Phi) is 9.81. The number of amides is 1. The molecule has 232 valence electrons. The van der Waals surface area contributed by atoms with E-state index in [4.69, 9.17) is 10.1 Å². The number of nitrogens with zero attached hydrogens (tertiary/aromatic N) is 2. The first kappa shape index (κ1) is 30.7. The number of carbonyl (C=O) groups excluding carboxylic acids is 1. The molecule has 0 radical (unpaired) electrons. The largest absolute Gasteiger partial charge is 0.473 e. The number of likely N-dealkylation sites (tertiary alicyclic amines) is 1. The lowest BCUT2D eigenvalue weighted by Crippen LogP contribution is -2.46. The number of benzene rings is 4. The molecule has 1 fully saturated rings. The summed E-state index contributed by atoms with van der Waals surface area (Å²) in [7, 11) is 1.73. The van der Waals surface area contributed by atoms with Crippen molar-refractivity contribution in [3.63, 3.8) is 0 Å². The summed E-state index contributed by atoms with van der Waals surface area (Å²) >= 11 is 0. The number of rotatable bonds is 11. The van der Waals surface area contributed by atoms with Gasteiger partial charge in [0.15, 0.2) is 0 Å². The lowest BCUT2D eigenvalue weighted by atomic mass is 10.0. The quantitative estimate of drug-likeness (QED) is 0.138. The molecule has 46 heavy (non-hydrogen) atoms. The topological polar surface area (TPSA) is 90.3 Å². The highest BCUT2D eigenvalue weighted by Crippen LogP contribution is 2.24. The molecule has 1 saturated heterocycles. The third-order valence-electron chi connectivity index (χ3n) is 8.39. The number of aromatic nitrogens is 1. The zero-order chi connectivity index (χ0) is 31.7. The number of pyridine rings is 1. The second kappa shape index (κ2) is 14.7. The van der Waals surface area contributed by atoms with Crippen LogP contribution >= 0.6 is 0 Å². The Hall–Kier alpha value is -5.27. The first-order valence-corrected chi connectivity index (χ1v) is 15.8. The van der Waals surface area contributed by atoms with Gasteiger partial charge in [-0.2, -0.15) is 4.98 Å². The molecule has 0 atom stereocenters. The maximum atomic E-state index is 13.1. The van der Waals surface area contributed by atoms with Gasteiger partial charge in [0, 0.05) is 44.4 Å². The number of ether oxygens (including phenoxy) is 1. The molecule has 0 saturated carbocycles. The third kappa shape index (κ3) is 7.68. The summed E-state index contributed by atoms with van der Waals surface area (Å²) in [6.07, 6.45) is 1.68. The molecule has 0 aliphatic carbocycles. The van der Waals surface area contributed by atoms with E-state index >= 15 is 0 Å². The maximum absolute atomic E-state index is 13.1. The molecule has 1 aliphatic heterocycles. The number of anilines is 1. The lowest BCUT2D eigenvalue weighted by molar-refractivity contribution is -0.115. The molecule has 7 nitrogen and oxygen atoms in total. The minimum Gasteiger partial charge on any atom is -0.473 e. The van der Waals surface area contributed by atoms with Crippen LogP contribution in [0.5, 0.6) is 5.88 Å². The highest BCUT2D eigenvalue weighted by Gasteiger charge is 2.24. The fourth-order valence-corrected chi connectivity index (χ4v) is 5.90. The van der Waals surface area contributed by atoms with Crippen LogP contribution in [0.2, 0.25) is 0 Å². The summed E-state index contributed by atoms with van der Waals surface area (Å²) in [6.45, 7) is 3.00. The van der Waals surface area contributed by atoms with Gasteiger partial charge in [-0.05, 0) is 64.4 Å². The zero-order valence-corrected chi connectivity index (χ0v) is 26.1. The van der Waals surface area contributed by atoms with Crippen LogP contribution in [0.3, 0.4) is 0 Å². The van der Waals surface area contributed by atoms with Gasteiger partial charge in [-0.15, -0.1) is 0 Å². The molecule has 1 aliphatic rings. The van der Waals surface area contributed by atoms with Gasteiger partial charge in [0.25, 0.3) is 5.91 Å². The predicted octanol–water partition coefficient (Wildman–Crippen LogP) is 7.18. The molecule has 6 rings (SSSR count). The van der Waals surface area contributed by atoms with Crippen molar-refractivity contribution in [1.29, 1.82) is 5.41 Å². The first-order chi connectivity index (χ1) is 22.6. The van der Waals surface area contributed by atoms with E-state index in [1.54, 1.807) is 19.2 Å². The van der Waals surface area contributed by atoms with Crippen LogP contribution in [0.15, 0.2) is 121 Å². The summed E-state index contributed by atoms with van der Waals surface area (Å²) in [5.41, 5.74) is 7.35. The number of hydrogen-bond acceptors (Lipinski definition) is 6. The molecular weight excluding hydrogens is 570 g/mol. The molecule has 1 amide bonds. The van der Waals surface area contributed by atoms with Crippen LogP contribution in [0.4, 0.5) is 5.82 Å². The fourth-order valence-electron chi connectivity index (χ4n) is 5.90. The maximum Gasteiger partial charge on any atom is 0.270 e. The van der Waals surface area contributed by atoms with Crippen molar-refractivity contribution < 1.29 is 9.53 Å². The molecule has 4 aromatic carbocycles. The molecule has 0 bridgehead atoms. The van der Waals surface area contributed by atoms with Crippen LogP contribution in [-0.4, -0.2) is 47.7 Å². The Morgan fingerprint density at radius 1 is 0.783 bits per heavy atom. The van der Waals surface area contributed by atoms with Gasteiger partial charge < -0.3 is 15.4 Å². The Morgan fingerprint density at radius 3 is 2.00 bits per heavy atom. The number of carbonyl (C=O) groups is 1. The normalized spacial score (nSPS) is 13.6. The molecule has 0 spiro atoms. The Balaban J connectivity index is 1.01. The van der Waals surface area contributed by atoms with Crippen molar-refractivity contribution in [3.05, 3.63) is 138 Å². The van der Waals surface area contributed by atoms with Gasteiger partial charge in [0.1, 0.15) is 18.1 Å². The van der Waals surface area contributed by atoms with Crippen molar-refractivity contribution >= 4 is 17.4 Å². The van der Waals surface area contributed by atoms with E-state index in [0.717, 1.165) is 49.2 Å². The van der Waals surface area contributed by atoms with E-state index in [1.165, 1.54) is 16.7 Å². The van der Waals surface area contributed by atoms with Gasteiger partial charge in [-0.1, -0.05) is 97.1 Å². The fraction of sp³-hybridized carbons (Fsp3) is 0.205. The summed E-state index contributed by atoms with van der Waals surface area (Å²) in [5.74, 6) is 0.468. The molecule has 7 heteroatoms. The van der Waals surface area contributed by atoms with Gasteiger partial charge in [0.05, 0.1) is 0 Å². The highest BCUT2D eigenvalue weighted by molar-refractivity contribution is 6.45. The highest BCUT2D eigenvalue weighted by atomic mass is 16.5.